The first kappa shape index (κ1) is 19.3. The Kier molecular flexibility index (Phi) is 4.74. The van der Waals surface area contributed by atoms with E-state index in [0.717, 1.165) is 19.3 Å². The topological polar surface area (TPSA) is 89.8 Å². The van der Waals surface area contributed by atoms with E-state index in [0.29, 0.717) is 6.54 Å². The number of nitro groups is 1. The SMILES string of the molecule is Cc1c(C(=O)OCC(=O)N2C[C@]3(C)C[C@H]2CC(C)(C)C3)cccc1[N+](=O)[O-]. The van der Waals surface area contributed by atoms with E-state index in [4.69, 9.17) is 4.74 Å². The Morgan fingerprint density at radius 3 is 2.67 bits per heavy atom. The minimum absolute atomic E-state index is 0.114. The maximum Gasteiger partial charge on any atom is 0.339 e. The van der Waals surface area contributed by atoms with Crippen LogP contribution >= 0.6 is 0 Å². The van der Waals surface area contributed by atoms with E-state index in [1.165, 1.54) is 25.1 Å². The smallest absolute Gasteiger partial charge is 0.339 e. The van der Waals surface area contributed by atoms with Crippen LogP contribution < -0.4 is 0 Å². The average molecular weight is 374 g/mol. The second kappa shape index (κ2) is 6.62. The molecule has 7 heteroatoms. The van der Waals surface area contributed by atoms with Gasteiger partial charge in [0.2, 0.25) is 0 Å². The Morgan fingerprint density at radius 1 is 1.30 bits per heavy atom. The van der Waals surface area contributed by atoms with Crippen LogP contribution in [-0.2, 0) is 9.53 Å². The van der Waals surface area contributed by atoms with Gasteiger partial charge in [-0.15, -0.1) is 0 Å². The summed E-state index contributed by atoms with van der Waals surface area (Å²) in [6.07, 6.45) is 3.01. The first-order valence-electron chi connectivity index (χ1n) is 9.22. The Bertz CT molecular complexity index is 804. The van der Waals surface area contributed by atoms with Gasteiger partial charge in [0.05, 0.1) is 10.5 Å². The highest BCUT2D eigenvalue weighted by Gasteiger charge is 2.50. The van der Waals surface area contributed by atoms with Crippen LogP contribution in [0.25, 0.3) is 0 Å². The van der Waals surface area contributed by atoms with Crippen molar-refractivity contribution in [2.24, 2.45) is 10.8 Å². The molecule has 0 N–H and O–H groups in total. The minimum atomic E-state index is -0.710. The Balaban J connectivity index is 1.66. The van der Waals surface area contributed by atoms with Gasteiger partial charge in [-0.1, -0.05) is 26.8 Å². The van der Waals surface area contributed by atoms with Gasteiger partial charge < -0.3 is 9.64 Å². The van der Waals surface area contributed by atoms with Gasteiger partial charge in [0, 0.05) is 24.2 Å². The van der Waals surface area contributed by atoms with Crippen LogP contribution in [0.15, 0.2) is 18.2 Å². The number of rotatable bonds is 4. The highest BCUT2D eigenvalue weighted by Crippen LogP contribution is 2.52. The number of fused-ring (bicyclic) bond motifs is 2. The van der Waals surface area contributed by atoms with Crippen molar-refractivity contribution in [3.8, 4) is 0 Å². The molecular formula is C20H26N2O5. The third kappa shape index (κ3) is 3.82. The zero-order valence-electron chi connectivity index (χ0n) is 16.3. The monoisotopic (exact) mass is 374 g/mol. The highest BCUT2D eigenvalue weighted by atomic mass is 16.6. The first-order valence-corrected chi connectivity index (χ1v) is 9.22. The van der Waals surface area contributed by atoms with E-state index >= 15 is 0 Å². The molecule has 2 bridgehead atoms. The van der Waals surface area contributed by atoms with Gasteiger partial charge >= 0.3 is 5.97 Å². The van der Waals surface area contributed by atoms with Crippen LogP contribution in [0.3, 0.4) is 0 Å². The van der Waals surface area contributed by atoms with E-state index in [2.05, 4.69) is 20.8 Å². The minimum Gasteiger partial charge on any atom is -0.452 e. The first-order chi connectivity index (χ1) is 12.5. The van der Waals surface area contributed by atoms with Crippen LogP contribution in [0, 0.1) is 27.9 Å². The fourth-order valence-electron chi connectivity index (χ4n) is 5.08. The molecule has 1 aliphatic heterocycles. The molecule has 1 heterocycles. The molecule has 146 valence electrons. The molecule has 0 aromatic heterocycles. The van der Waals surface area contributed by atoms with E-state index < -0.39 is 10.9 Å². The number of carbonyl (C=O) groups is 2. The van der Waals surface area contributed by atoms with E-state index in [1.54, 1.807) is 0 Å². The maximum atomic E-state index is 12.7. The van der Waals surface area contributed by atoms with E-state index in [1.807, 2.05) is 4.90 Å². The number of nitrogens with zero attached hydrogens (tertiary/aromatic N) is 2. The number of hydrogen-bond acceptors (Lipinski definition) is 5. The molecule has 1 aromatic rings. The highest BCUT2D eigenvalue weighted by molar-refractivity contribution is 5.93. The van der Waals surface area contributed by atoms with Gasteiger partial charge in [0.25, 0.3) is 11.6 Å². The van der Waals surface area contributed by atoms with Crippen molar-refractivity contribution in [2.75, 3.05) is 13.2 Å². The molecule has 2 aliphatic rings. The largest absolute Gasteiger partial charge is 0.452 e. The number of likely N-dealkylation sites (tertiary alicyclic amines) is 1. The van der Waals surface area contributed by atoms with E-state index in [9.17, 15) is 19.7 Å². The summed E-state index contributed by atoms with van der Waals surface area (Å²) in [6, 6.07) is 4.44. The lowest BCUT2D eigenvalue weighted by Gasteiger charge is -2.39. The van der Waals surface area contributed by atoms with Gasteiger partial charge in [-0.2, -0.15) is 0 Å². The second-order valence-corrected chi connectivity index (χ2v) is 9.02. The molecular weight excluding hydrogens is 348 g/mol. The summed E-state index contributed by atoms with van der Waals surface area (Å²) in [4.78, 5) is 37.3. The number of hydrogen-bond donors (Lipinski definition) is 0. The normalized spacial score (nSPS) is 25.9. The van der Waals surface area contributed by atoms with Crippen molar-refractivity contribution < 1.29 is 19.2 Å². The molecule has 1 amide bonds. The molecule has 1 aromatic carbocycles. The van der Waals surface area contributed by atoms with Gasteiger partial charge in [0.15, 0.2) is 6.61 Å². The number of nitro benzene ring substituents is 1. The van der Waals surface area contributed by atoms with Gasteiger partial charge in [-0.25, -0.2) is 4.79 Å². The van der Waals surface area contributed by atoms with Crippen molar-refractivity contribution in [1.82, 2.24) is 4.90 Å². The molecule has 3 rings (SSSR count). The molecule has 0 unspecified atom stereocenters. The molecule has 1 saturated heterocycles. The predicted octanol–water partition coefficient (Wildman–Crippen LogP) is 3.49. The molecule has 27 heavy (non-hydrogen) atoms. The summed E-state index contributed by atoms with van der Waals surface area (Å²) < 4.78 is 5.20. The van der Waals surface area contributed by atoms with Gasteiger partial charge in [-0.05, 0) is 43.1 Å². The van der Waals surface area contributed by atoms with Crippen LogP contribution in [0.5, 0.6) is 0 Å². The lowest BCUT2D eigenvalue weighted by atomic mass is 9.65. The average Bonchev–Trinajstić information content (AvgIpc) is 2.81. The zero-order valence-corrected chi connectivity index (χ0v) is 16.3. The van der Waals surface area contributed by atoms with Crippen LogP contribution in [-0.4, -0.2) is 40.9 Å². The summed E-state index contributed by atoms with van der Waals surface area (Å²) in [5, 5.41) is 11.0. The zero-order chi connectivity index (χ0) is 20.0. The number of esters is 1. The summed E-state index contributed by atoms with van der Waals surface area (Å²) in [7, 11) is 0. The molecule has 2 fully saturated rings. The van der Waals surface area contributed by atoms with Crippen molar-refractivity contribution in [3.63, 3.8) is 0 Å². The number of ether oxygens (including phenoxy) is 1. The third-order valence-electron chi connectivity index (χ3n) is 5.78. The summed E-state index contributed by atoms with van der Waals surface area (Å²) in [5.41, 5.74) is 0.530. The van der Waals surface area contributed by atoms with Crippen molar-refractivity contribution in [3.05, 3.63) is 39.4 Å². The lowest BCUT2D eigenvalue weighted by Crippen LogP contribution is -2.39. The van der Waals surface area contributed by atoms with Crippen molar-refractivity contribution >= 4 is 17.6 Å². The maximum absolute atomic E-state index is 12.7. The quantitative estimate of drug-likeness (QED) is 0.457. The number of carbonyl (C=O) groups excluding carboxylic acids is 2. The fourth-order valence-corrected chi connectivity index (χ4v) is 5.08. The predicted molar refractivity (Wildman–Crippen MR) is 99.4 cm³/mol. The third-order valence-corrected chi connectivity index (χ3v) is 5.78. The Labute approximate surface area is 158 Å². The van der Waals surface area contributed by atoms with Crippen LogP contribution in [0.4, 0.5) is 5.69 Å². The second-order valence-electron chi connectivity index (χ2n) is 9.02. The van der Waals surface area contributed by atoms with Crippen LogP contribution in [0.1, 0.15) is 56.0 Å². The molecule has 1 aliphatic carbocycles. The van der Waals surface area contributed by atoms with Crippen molar-refractivity contribution in [1.29, 1.82) is 0 Å². The molecule has 1 saturated carbocycles. The summed E-state index contributed by atoms with van der Waals surface area (Å²) >= 11 is 0. The Hall–Kier alpha value is -2.44. The van der Waals surface area contributed by atoms with Crippen LogP contribution in [0.2, 0.25) is 0 Å². The molecule has 7 nitrogen and oxygen atoms in total. The van der Waals surface area contributed by atoms with E-state index in [-0.39, 0.29) is 46.2 Å². The van der Waals surface area contributed by atoms with Gasteiger partial charge in [0.1, 0.15) is 0 Å². The summed E-state index contributed by atoms with van der Waals surface area (Å²) in [6.45, 7) is 8.53. The van der Waals surface area contributed by atoms with Crippen molar-refractivity contribution in [2.45, 2.75) is 53.0 Å². The molecule has 0 spiro atoms. The number of benzene rings is 1. The van der Waals surface area contributed by atoms with Gasteiger partial charge in [-0.3, -0.25) is 14.9 Å². The fraction of sp³-hybridized carbons (Fsp3) is 0.600. The lowest BCUT2D eigenvalue weighted by molar-refractivity contribution is -0.385. The number of amides is 1. The summed E-state index contributed by atoms with van der Waals surface area (Å²) in [5.74, 6) is -0.906. The Morgan fingerprint density at radius 2 is 2.00 bits per heavy atom. The molecule has 0 radical (unpaired) electrons. The standard InChI is InChI=1S/C20H26N2O5/c1-13-15(6-5-7-16(13)22(25)26)18(24)27-10-17(23)21-12-20(4)9-14(21)8-19(2,3)11-20/h5-7,14H,8-12H2,1-4H3/t14-,20-/m1/s1. The molecule has 2 atom stereocenters.